The number of ether oxygens (including phenoxy) is 3. The lowest BCUT2D eigenvalue weighted by Gasteiger charge is -2.34. The van der Waals surface area contributed by atoms with E-state index in [-0.39, 0.29) is 94.3 Å². The summed E-state index contributed by atoms with van der Waals surface area (Å²) in [6, 6.07) is 8.00. The minimum absolute atomic E-state index is 0.0820. The third kappa shape index (κ3) is 12.1. The van der Waals surface area contributed by atoms with Crippen LogP contribution in [0.3, 0.4) is 0 Å². The van der Waals surface area contributed by atoms with E-state index in [1.54, 1.807) is 17.0 Å². The summed E-state index contributed by atoms with van der Waals surface area (Å²) in [4.78, 5) is 29.4. The molecule has 0 atom stereocenters. The predicted octanol–water partition coefficient (Wildman–Crippen LogP) is 3.18. The number of hydrogen-bond acceptors (Lipinski definition) is 9. The second-order valence-corrected chi connectivity index (χ2v) is 13.1. The lowest BCUT2D eigenvalue weighted by molar-refractivity contribution is -0.137. The van der Waals surface area contributed by atoms with Crippen molar-refractivity contribution in [3.63, 3.8) is 0 Å². The number of pyridine rings is 1. The number of benzene rings is 1. The number of halogens is 3. The van der Waals surface area contributed by atoms with E-state index in [9.17, 15) is 31.2 Å². The van der Waals surface area contributed by atoms with Crippen molar-refractivity contribution in [2.75, 3.05) is 64.1 Å². The normalized spacial score (nSPS) is 14.7. The van der Waals surface area contributed by atoms with E-state index in [1.165, 1.54) is 16.4 Å². The van der Waals surface area contributed by atoms with Crippen molar-refractivity contribution in [3.8, 4) is 0 Å². The van der Waals surface area contributed by atoms with Gasteiger partial charge in [0, 0.05) is 50.9 Å². The van der Waals surface area contributed by atoms with E-state index in [0.717, 1.165) is 18.3 Å². The smallest absolute Gasteiger partial charge is 0.416 e. The summed E-state index contributed by atoms with van der Waals surface area (Å²) < 4.78 is 82.4. The molecule has 2 aromatic rings. The quantitative estimate of drug-likeness (QED) is 0.293. The lowest BCUT2D eigenvalue weighted by atomic mass is 10.1. The molecule has 0 spiro atoms. The van der Waals surface area contributed by atoms with E-state index < -0.39 is 27.9 Å². The average molecular weight is 660 g/mol. The van der Waals surface area contributed by atoms with Crippen molar-refractivity contribution in [2.45, 2.75) is 50.3 Å². The van der Waals surface area contributed by atoms with Crippen LogP contribution in [0.2, 0.25) is 0 Å². The molecule has 2 N–H and O–H groups in total. The topological polar surface area (TPSA) is 139 Å². The van der Waals surface area contributed by atoms with Gasteiger partial charge in [-0.15, -0.1) is 0 Å². The molecular formula is C29H40F3N5O7S. The standard InChI is InChI=1S/C29H40F3N5O7S/c1-28(2,3)35-27(39)44-19-18-43-17-16-42-15-9-26(38)34-21-22-4-6-24(7-5-22)45(40,41)37-13-11-36(12-14-37)25-20-23(8-10-33-25)29(30,31)32/h4-8,10,20H,9,11-19,21H2,1-3H3,(H,34,38)(H,35,39). The van der Waals surface area contributed by atoms with E-state index >= 15 is 0 Å². The van der Waals surface area contributed by atoms with Crippen LogP contribution in [0.25, 0.3) is 0 Å². The number of anilines is 1. The van der Waals surface area contributed by atoms with Crippen molar-refractivity contribution in [2.24, 2.45) is 0 Å². The Morgan fingerprint density at radius 1 is 0.911 bits per heavy atom. The lowest BCUT2D eigenvalue weighted by Crippen LogP contribution is -2.49. The molecule has 45 heavy (non-hydrogen) atoms. The van der Waals surface area contributed by atoms with Crippen molar-refractivity contribution in [3.05, 3.63) is 53.7 Å². The van der Waals surface area contributed by atoms with Crippen LogP contribution in [-0.4, -0.2) is 94.5 Å². The number of piperazine rings is 1. The first-order chi connectivity index (χ1) is 21.1. The van der Waals surface area contributed by atoms with E-state index in [1.807, 2.05) is 20.8 Å². The molecule has 1 fully saturated rings. The van der Waals surface area contributed by atoms with Crippen LogP contribution in [0.15, 0.2) is 47.5 Å². The zero-order chi connectivity index (χ0) is 33.1. The van der Waals surface area contributed by atoms with Gasteiger partial charge in [-0.3, -0.25) is 4.79 Å². The number of alkyl halides is 3. The van der Waals surface area contributed by atoms with Gasteiger partial charge in [0.2, 0.25) is 15.9 Å². The van der Waals surface area contributed by atoms with Crippen LogP contribution < -0.4 is 15.5 Å². The number of sulfonamides is 1. The van der Waals surface area contributed by atoms with Gasteiger partial charge in [-0.2, -0.15) is 17.5 Å². The number of aromatic nitrogens is 1. The zero-order valence-electron chi connectivity index (χ0n) is 25.6. The van der Waals surface area contributed by atoms with Gasteiger partial charge in [0.25, 0.3) is 0 Å². The van der Waals surface area contributed by atoms with Crippen LogP contribution in [0.4, 0.5) is 23.8 Å². The van der Waals surface area contributed by atoms with Crippen LogP contribution in [0, 0.1) is 0 Å². The highest BCUT2D eigenvalue weighted by Gasteiger charge is 2.33. The molecule has 1 aromatic carbocycles. The fourth-order valence-electron chi connectivity index (χ4n) is 4.16. The molecule has 1 aromatic heterocycles. The summed E-state index contributed by atoms with van der Waals surface area (Å²) in [5.41, 5.74) is -0.485. The van der Waals surface area contributed by atoms with E-state index in [4.69, 9.17) is 14.2 Å². The Morgan fingerprint density at radius 2 is 1.53 bits per heavy atom. The summed E-state index contributed by atoms with van der Waals surface area (Å²) >= 11 is 0. The molecule has 0 unspecified atom stereocenters. The summed E-state index contributed by atoms with van der Waals surface area (Å²) in [6.07, 6.45) is -3.79. The van der Waals surface area contributed by atoms with Gasteiger partial charge >= 0.3 is 12.3 Å². The minimum atomic E-state index is -4.49. The van der Waals surface area contributed by atoms with Crippen molar-refractivity contribution in [1.82, 2.24) is 19.9 Å². The third-order valence-corrected chi connectivity index (χ3v) is 8.38. The zero-order valence-corrected chi connectivity index (χ0v) is 26.4. The van der Waals surface area contributed by atoms with Crippen molar-refractivity contribution in [1.29, 1.82) is 0 Å². The molecule has 2 heterocycles. The molecule has 1 aliphatic rings. The molecule has 1 aliphatic heterocycles. The van der Waals surface area contributed by atoms with Gasteiger partial charge in [-0.1, -0.05) is 12.1 Å². The Bertz CT molecular complexity index is 1360. The van der Waals surface area contributed by atoms with Gasteiger partial charge in [-0.25, -0.2) is 18.2 Å². The molecule has 12 nitrogen and oxygen atoms in total. The number of nitrogens with zero attached hydrogens (tertiary/aromatic N) is 3. The second kappa shape index (κ2) is 16.2. The number of hydrogen-bond donors (Lipinski definition) is 2. The molecule has 3 rings (SSSR count). The number of amides is 2. The number of carbonyl (C=O) groups is 2. The SMILES string of the molecule is CC(C)(C)NC(=O)OCCOCCOCCC(=O)NCc1ccc(S(=O)(=O)N2CCN(c3cc(C(F)(F)F)ccn3)CC2)cc1. The van der Waals surface area contributed by atoms with Gasteiger partial charge < -0.3 is 29.7 Å². The monoisotopic (exact) mass is 659 g/mol. The fourth-order valence-corrected chi connectivity index (χ4v) is 5.59. The maximum atomic E-state index is 13.1. The first-order valence-corrected chi connectivity index (χ1v) is 15.8. The highest BCUT2D eigenvalue weighted by Crippen LogP contribution is 2.31. The van der Waals surface area contributed by atoms with Crippen LogP contribution in [-0.2, 0) is 41.7 Å². The Labute approximate surface area is 261 Å². The first kappa shape index (κ1) is 36.0. The maximum Gasteiger partial charge on any atom is 0.416 e. The Morgan fingerprint density at radius 3 is 2.16 bits per heavy atom. The summed E-state index contributed by atoms with van der Waals surface area (Å²) in [5, 5.41) is 5.42. The fraction of sp³-hybridized carbons (Fsp3) is 0.552. The molecule has 0 bridgehead atoms. The Kier molecular flexibility index (Phi) is 13.0. The van der Waals surface area contributed by atoms with Gasteiger partial charge in [-0.05, 0) is 50.6 Å². The summed E-state index contributed by atoms with van der Waals surface area (Å²) in [5.74, 6) is -0.0888. The third-order valence-electron chi connectivity index (χ3n) is 6.47. The maximum absolute atomic E-state index is 13.1. The molecule has 0 aliphatic carbocycles. The predicted molar refractivity (Wildman–Crippen MR) is 159 cm³/mol. The number of nitrogens with one attached hydrogen (secondary N) is 2. The Balaban J connectivity index is 1.31. The van der Waals surface area contributed by atoms with Crippen molar-refractivity contribution >= 4 is 27.8 Å². The molecule has 0 saturated carbocycles. The Hall–Kier alpha value is -3.47. The van der Waals surface area contributed by atoms with Crippen molar-refractivity contribution < 1.29 is 45.4 Å². The molecule has 2 amide bonds. The number of alkyl carbamates (subject to hydrolysis) is 1. The van der Waals surface area contributed by atoms with E-state index in [0.29, 0.717) is 5.56 Å². The minimum Gasteiger partial charge on any atom is -0.447 e. The highest BCUT2D eigenvalue weighted by molar-refractivity contribution is 7.89. The second-order valence-electron chi connectivity index (χ2n) is 11.2. The number of carbonyl (C=O) groups excluding carboxylic acids is 2. The summed E-state index contributed by atoms with van der Waals surface area (Å²) in [6.45, 7) is 7.39. The van der Waals surface area contributed by atoms with Crippen LogP contribution in [0.1, 0.15) is 38.3 Å². The van der Waals surface area contributed by atoms with Gasteiger partial charge in [0.1, 0.15) is 12.4 Å². The highest BCUT2D eigenvalue weighted by atomic mass is 32.2. The van der Waals surface area contributed by atoms with Gasteiger partial charge in [0.05, 0.1) is 36.9 Å². The average Bonchev–Trinajstić information content (AvgIpc) is 2.98. The molecule has 250 valence electrons. The van der Waals surface area contributed by atoms with E-state index in [2.05, 4.69) is 15.6 Å². The van der Waals surface area contributed by atoms with Crippen LogP contribution in [0.5, 0.6) is 0 Å². The number of rotatable bonds is 14. The molecule has 16 heteroatoms. The molecular weight excluding hydrogens is 619 g/mol. The first-order valence-electron chi connectivity index (χ1n) is 14.4. The summed E-state index contributed by atoms with van der Waals surface area (Å²) in [7, 11) is -3.82. The van der Waals surface area contributed by atoms with Gasteiger partial charge in [0.15, 0.2) is 0 Å². The molecule has 1 saturated heterocycles. The van der Waals surface area contributed by atoms with Crippen LogP contribution >= 0.6 is 0 Å². The largest absolute Gasteiger partial charge is 0.447 e. The molecule has 0 radical (unpaired) electrons.